The van der Waals surface area contributed by atoms with Gasteiger partial charge in [0.2, 0.25) is 5.91 Å². The minimum atomic E-state index is 0.235. The van der Waals surface area contributed by atoms with Crippen LogP contribution in [0.1, 0.15) is 47.0 Å². The van der Waals surface area contributed by atoms with Crippen molar-refractivity contribution < 1.29 is 4.79 Å². The summed E-state index contributed by atoms with van der Waals surface area (Å²) in [7, 11) is 0. The van der Waals surface area contributed by atoms with Gasteiger partial charge in [-0.25, -0.2) is 0 Å². The van der Waals surface area contributed by atoms with Crippen LogP contribution in [-0.4, -0.2) is 23.9 Å². The average molecular weight is 197 g/mol. The van der Waals surface area contributed by atoms with Crippen molar-refractivity contribution in [3.8, 4) is 0 Å². The molecule has 1 amide bonds. The molecule has 1 aliphatic heterocycles. The molecule has 2 atom stereocenters. The highest BCUT2D eigenvalue weighted by Crippen LogP contribution is 2.38. The van der Waals surface area contributed by atoms with Crippen LogP contribution in [0.25, 0.3) is 0 Å². The van der Waals surface area contributed by atoms with Crippen LogP contribution < -0.4 is 0 Å². The number of carbonyl (C=O) groups is 1. The summed E-state index contributed by atoms with van der Waals surface area (Å²) in [6.45, 7) is 10.5. The van der Waals surface area contributed by atoms with Gasteiger partial charge in [-0.15, -0.1) is 0 Å². The van der Waals surface area contributed by atoms with Crippen LogP contribution in [-0.2, 0) is 4.79 Å². The van der Waals surface area contributed by atoms with Gasteiger partial charge in [-0.1, -0.05) is 27.2 Å². The summed E-state index contributed by atoms with van der Waals surface area (Å²) in [6, 6.07) is 0. The van der Waals surface area contributed by atoms with Crippen LogP contribution in [0, 0.1) is 11.3 Å². The van der Waals surface area contributed by atoms with Crippen molar-refractivity contribution in [2.24, 2.45) is 11.3 Å². The molecule has 82 valence electrons. The van der Waals surface area contributed by atoms with E-state index in [-0.39, 0.29) is 5.91 Å². The lowest BCUT2D eigenvalue weighted by Crippen LogP contribution is -2.46. The largest absolute Gasteiger partial charge is 0.342 e. The van der Waals surface area contributed by atoms with Crippen LogP contribution in [0.4, 0.5) is 0 Å². The topological polar surface area (TPSA) is 20.3 Å². The van der Waals surface area contributed by atoms with E-state index in [1.54, 1.807) is 6.92 Å². The Morgan fingerprint density at radius 1 is 1.57 bits per heavy atom. The molecule has 0 saturated carbocycles. The summed E-state index contributed by atoms with van der Waals surface area (Å²) in [4.78, 5) is 13.3. The maximum atomic E-state index is 11.3. The fourth-order valence-electron chi connectivity index (χ4n) is 2.43. The Morgan fingerprint density at radius 2 is 2.21 bits per heavy atom. The highest BCUT2D eigenvalue weighted by Gasteiger charge is 2.35. The second kappa shape index (κ2) is 4.33. The lowest BCUT2D eigenvalue weighted by molar-refractivity contribution is -0.133. The molecule has 0 aromatic rings. The van der Waals surface area contributed by atoms with E-state index < -0.39 is 0 Å². The van der Waals surface area contributed by atoms with E-state index in [0.717, 1.165) is 13.1 Å². The van der Waals surface area contributed by atoms with E-state index in [0.29, 0.717) is 11.3 Å². The molecule has 2 unspecified atom stereocenters. The zero-order chi connectivity index (χ0) is 10.8. The van der Waals surface area contributed by atoms with Crippen molar-refractivity contribution in [2.45, 2.75) is 47.0 Å². The molecule has 0 aliphatic carbocycles. The molecule has 2 nitrogen and oxygen atoms in total. The molecule has 1 aliphatic rings. The van der Waals surface area contributed by atoms with Gasteiger partial charge >= 0.3 is 0 Å². The monoisotopic (exact) mass is 197 g/mol. The quantitative estimate of drug-likeness (QED) is 0.666. The average Bonchev–Trinajstić information content (AvgIpc) is 2.16. The maximum absolute atomic E-state index is 11.3. The lowest BCUT2D eigenvalue weighted by atomic mass is 9.71. The lowest BCUT2D eigenvalue weighted by Gasteiger charge is -2.44. The summed E-state index contributed by atoms with van der Waals surface area (Å²) in [5, 5.41) is 0. The van der Waals surface area contributed by atoms with Gasteiger partial charge in [0.15, 0.2) is 0 Å². The van der Waals surface area contributed by atoms with Crippen LogP contribution in [0.5, 0.6) is 0 Å². The fourth-order valence-corrected chi connectivity index (χ4v) is 2.43. The molecule has 2 heteroatoms. The van der Waals surface area contributed by atoms with Gasteiger partial charge in [0, 0.05) is 20.0 Å². The summed E-state index contributed by atoms with van der Waals surface area (Å²) in [5.74, 6) is 0.948. The number of likely N-dealkylation sites (tertiary alicyclic amines) is 1. The molecule has 14 heavy (non-hydrogen) atoms. The second-order valence-corrected chi connectivity index (χ2v) is 5.01. The van der Waals surface area contributed by atoms with Crippen molar-refractivity contribution in [2.75, 3.05) is 13.1 Å². The van der Waals surface area contributed by atoms with Gasteiger partial charge in [-0.05, 0) is 24.2 Å². The normalized spacial score (nSPS) is 30.1. The highest BCUT2D eigenvalue weighted by molar-refractivity contribution is 5.73. The molecule has 1 saturated heterocycles. The number of amides is 1. The predicted octanol–water partition coefficient (Wildman–Crippen LogP) is 2.68. The van der Waals surface area contributed by atoms with Gasteiger partial charge < -0.3 is 4.90 Å². The molecule has 1 rings (SSSR count). The third-order valence-electron chi connectivity index (χ3n) is 3.98. The van der Waals surface area contributed by atoms with Crippen LogP contribution in [0.3, 0.4) is 0 Å². The first-order valence-electron chi connectivity index (χ1n) is 5.75. The van der Waals surface area contributed by atoms with Crippen LogP contribution in [0.2, 0.25) is 0 Å². The van der Waals surface area contributed by atoms with Crippen LogP contribution in [0.15, 0.2) is 0 Å². The van der Waals surface area contributed by atoms with Gasteiger partial charge in [0.25, 0.3) is 0 Å². The summed E-state index contributed by atoms with van der Waals surface area (Å²) >= 11 is 0. The summed E-state index contributed by atoms with van der Waals surface area (Å²) in [6.07, 6.45) is 3.65. The maximum Gasteiger partial charge on any atom is 0.219 e. The molecule has 0 radical (unpaired) electrons. The van der Waals surface area contributed by atoms with E-state index in [1.165, 1.54) is 19.3 Å². The Balaban J connectivity index is 2.66. The number of hydrogen-bond donors (Lipinski definition) is 0. The van der Waals surface area contributed by atoms with Gasteiger partial charge in [0.05, 0.1) is 0 Å². The SMILES string of the molecule is CCC(C)C1(C)CCCN(C(C)=O)C1. The van der Waals surface area contributed by atoms with Crippen molar-refractivity contribution in [1.29, 1.82) is 0 Å². The standard InChI is InChI=1S/C12H23NO/c1-5-10(2)12(4)7-6-8-13(9-12)11(3)14/h10H,5-9H2,1-4H3. The molecule has 0 bridgehead atoms. The van der Waals surface area contributed by atoms with Crippen molar-refractivity contribution >= 4 is 5.91 Å². The molecule has 0 aromatic heterocycles. The molecule has 1 fully saturated rings. The smallest absolute Gasteiger partial charge is 0.219 e. The van der Waals surface area contributed by atoms with E-state index in [4.69, 9.17) is 0 Å². The van der Waals surface area contributed by atoms with Crippen LogP contribution >= 0.6 is 0 Å². The van der Waals surface area contributed by atoms with E-state index >= 15 is 0 Å². The Morgan fingerprint density at radius 3 is 2.71 bits per heavy atom. The summed E-state index contributed by atoms with van der Waals surface area (Å²) in [5.41, 5.74) is 0.346. The highest BCUT2D eigenvalue weighted by atomic mass is 16.2. The molecule has 0 spiro atoms. The minimum absolute atomic E-state index is 0.235. The summed E-state index contributed by atoms with van der Waals surface area (Å²) < 4.78 is 0. The Labute approximate surface area is 87.7 Å². The molecule has 0 aromatic carbocycles. The first kappa shape index (κ1) is 11.5. The predicted molar refractivity (Wildman–Crippen MR) is 59.1 cm³/mol. The minimum Gasteiger partial charge on any atom is -0.342 e. The molecule has 0 N–H and O–H groups in total. The number of rotatable bonds is 2. The Kier molecular flexibility index (Phi) is 3.57. The van der Waals surface area contributed by atoms with E-state index in [9.17, 15) is 4.79 Å². The third kappa shape index (κ3) is 2.28. The van der Waals surface area contributed by atoms with Crippen molar-refractivity contribution in [3.63, 3.8) is 0 Å². The first-order valence-corrected chi connectivity index (χ1v) is 5.75. The fraction of sp³-hybridized carbons (Fsp3) is 0.917. The first-order chi connectivity index (χ1) is 6.49. The van der Waals surface area contributed by atoms with Crippen molar-refractivity contribution in [3.05, 3.63) is 0 Å². The van der Waals surface area contributed by atoms with E-state index in [2.05, 4.69) is 20.8 Å². The van der Waals surface area contributed by atoms with Crippen molar-refractivity contribution in [1.82, 2.24) is 4.90 Å². The zero-order valence-corrected chi connectivity index (χ0v) is 9.97. The number of carbonyl (C=O) groups excluding carboxylic acids is 1. The molecular formula is C12H23NO. The number of piperidine rings is 1. The van der Waals surface area contributed by atoms with Gasteiger partial charge in [-0.3, -0.25) is 4.79 Å². The van der Waals surface area contributed by atoms with Gasteiger partial charge in [-0.2, -0.15) is 0 Å². The van der Waals surface area contributed by atoms with E-state index in [1.807, 2.05) is 4.90 Å². The zero-order valence-electron chi connectivity index (χ0n) is 9.97. The molecular weight excluding hydrogens is 174 g/mol. The number of nitrogens with zero attached hydrogens (tertiary/aromatic N) is 1. The van der Waals surface area contributed by atoms with Gasteiger partial charge in [0.1, 0.15) is 0 Å². The Hall–Kier alpha value is -0.530. The second-order valence-electron chi connectivity index (χ2n) is 5.01. The third-order valence-corrected chi connectivity index (χ3v) is 3.98. The number of hydrogen-bond acceptors (Lipinski definition) is 1. The Bertz CT molecular complexity index is 214. The molecule has 1 heterocycles.